The fourth-order valence-corrected chi connectivity index (χ4v) is 5.48. The minimum Gasteiger partial charge on any atom is -0.497 e. The molecule has 7 nitrogen and oxygen atoms in total. The molecule has 0 saturated heterocycles. The van der Waals surface area contributed by atoms with Gasteiger partial charge in [0.15, 0.2) is 5.17 Å². The largest absolute Gasteiger partial charge is 0.497 e. The minimum atomic E-state index is -0.605. The number of hydrogen-bond acceptors (Lipinski definition) is 6. The third kappa shape index (κ3) is 5.70. The van der Waals surface area contributed by atoms with Gasteiger partial charge < -0.3 is 10.1 Å². The van der Waals surface area contributed by atoms with Crippen LogP contribution in [0, 0.1) is 6.92 Å². The van der Waals surface area contributed by atoms with Crippen LogP contribution in [0.5, 0.6) is 5.75 Å². The van der Waals surface area contributed by atoms with Crippen LogP contribution in [-0.4, -0.2) is 40.1 Å². The summed E-state index contributed by atoms with van der Waals surface area (Å²) in [5.41, 5.74) is 4.59. The van der Waals surface area contributed by atoms with E-state index in [-0.39, 0.29) is 24.3 Å². The highest BCUT2D eigenvalue weighted by molar-refractivity contribution is 8.15. The standard InChI is InChI=1S/C28H25ClN4O3S/c1-17-4-3-5-21(14-17)30-26(34)16-25-27(35)31-28(37-25)33-24(19-8-12-22(36-2)13-9-19)15-23(32-33)18-6-10-20(29)11-7-18/h3-14,24-25H,15-16H2,1-2H3,(H,30,34). The molecule has 0 aliphatic carbocycles. The third-order valence-corrected chi connectivity index (χ3v) is 7.58. The van der Waals surface area contributed by atoms with Crippen LogP contribution in [0.15, 0.2) is 82.9 Å². The third-order valence-electron chi connectivity index (χ3n) is 6.19. The molecule has 0 fully saturated rings. The van der Waals surface area contributed by atoms with Crippen molar-refractivity contribution >= 4 is 51.7 Å². The number of hydrogen-bond donors (Lipinski definition) is 1. The number of carbonyl (C=O) groups excluding carboxylic acids is 2. The summed E-state index contributed by atoms with van der Waals surface area (Å²) in [5, 5.41) is 10.1. The second-order valence-electron chi connectivity index (χ2n) is 8.85. The van der Waals surface area contributed by atoms with Crippen molar-refractivity contribution in [2.75, 3.05) is 12.4 Å². The smallest absolute Gasteiger partial charge is 0.262 e. The summed E-state index contributed by atoms with van der Waals surface area (Å²) in [6.45, 7) is 1.96. The van der Waals surface area contributed by atoms with Crippen molar-refractivity contribution in [2.24, 2.45) is 10.1 Å². The molecule has 5 rings (SSSR count). The van der Waals surface area contributed by atoms with Gasteiger partial charge in [-0.1, -0.05) is 59.8 Å². The van der Waals surface area contributed by atoms with Crippen LogP contribution < -0.4 is 10.1 Å². The number of halogens is 1. The number of thioether (sulfide) groups is 1. The Morgan fingerprint density at radius 1 is 1.14 bits per heavy atom. The van der Waals surface area contributed by atoms with E-state index in [9.17, 15) is 9.59 Å². The first-order chi connectivity index (χ1) is 17.9. The number of methoxy groups -OCH3 is 1. The van der Waals surface area contributed by atoms with Gasteiger partial charge in [-0.05, 0) is 60.0 Å². The molecule has 2 unspecified atom stereocenters. The van der Waals surface area contributed by atoms with Gasteiger partial charge in [0, 0.05) is 23.6 Å². The summed E-state index contributed by atoms with van der Waals surface area (Å²) >= 11 is 7.36. The maximum atomic E-state index is 12.8. The molecule has 2 amide bonds. The first kappa shape index (κ1) is 25.0. The number of amides is 2. The number of aryl methyl sites for hydroxylation is 1. The van der Waals surface area contributed by atoms with E-state index >= 15 is 0 Å². The van der Waals surface area contributed by atoms with Crippen LogP contribution in [0.25, 0.3) is 0 Å². The molecule has 188 valence electrons. The number of anilines is 1. The molecule has 2 aliphatic rings. The molecular weight excluding hydrogens is 508 g/mol. The molecule has 2 aliphatic heterocycles. The van der Waals surface area contributed by atoms with Gasteiger partial charge in [0.2, 0.25) is 5.91 Å². The Balaban J connectivity index is 1.35. The summed E-state index contributed by atoms with van der Waals surface area (Å²) in [4.78, 5) is 29.8. The van der Waals surface area contributed by atoms with E-state index in [2.05, 4.69) is 10.3 Å². The molecule has 3 aromatic rings. The van der Waals surface area contributed by atoms with Crippen LogP contribution in [0.2, 0.25) is 5.02 Å². The summed E-state index contributed by atoms with van der Waals surface area (Å²) < 4.78 is 5.31. The van der Waals surface area contributed by atoms with Gasteiger partial charge >= 0.3 is 0 Å². The maximum absolute atomic E-state index is 12.8. The van der Waals surface area contributed by atoms with E-state index in [0.717, 1.165) is 28.2 Å². The van der Waals surface area contributed by atoms with E-state index in [1.807, 2.05) is 79.7 Å². The quantitative estimate of drug-likeness (QED) is 0.431. The number of nitrogens with zero attached hydrogens (tertiary/aromatic N) is 3. The lowest BCUT2D eigenvalue weighted by Crippen LogP contribution is -2.25. The summed E-state index contributed by atoms with van der Waals surface area (Å²) in [5.74, 6) is 0.198. The van der Waals surface area contributed by atoms with Crippen LogP contribution in [0.1, 0.15) is 35.6 Å². The second kappa shape index (κ2) is 10.8. The van der Waals surface area contributed by atoms with Gasteiger partial charge in [0.05, 0.1) is 18.9 Å². The molecule has 0 saturated carbocycles. The van der Waals surface area contributed by atoms with Gasteiger partial charge in [-0.2, -0.15) is 10.1 Å². The number of rotatable bonds is 6. The normalized spacial score (nSPS) is 19.0. The number of carbonyl (C=O) groups is 2. The van der Waals surface area contributed by atoms with E-state index in [1.165, 1.54) is 11.8 Å². The number of hydrazone groups is 1. The Morgan fingerprint density at radius 2 is 1.89 bits per heavy atom. The number of ether oxygens (including phenoxy) is 1. The number of aliphatic imine (C=N–C) groups is 1. The lowest BCUT2D eigenvalue weighted by molar-refractivity contribution is -0.121. The Morgan fingerprint density at radius 3 is 2.59 bits per heavy atom. The highest BCUT2D eigenvalue weighted by Crippen LogP contribution is 2.39. The minimum absolute atomic E-state index is 0.0270. The van der Waals surface area contributed by atoms with Crippen molar-refractivity contribution in [1.82, 2.24) is 5.01 Å². The summed E-state index contributed by atoms with van der Waals surface area (Å²) in [6.07, 6.45) is 0.652. The fourth-order valence-electron chi connectivity index (χ4n) is 4.30. The highest BCUT2D eigenvalue weighted by Gasteiger charge is 2.39. The molecule has 9 heteroatoms. The number of amidine groups is 1. The Hall–Kier alpha value is -3.62. The molecule has 0 radical (unpaired) electrons. The summed E-state index contributed by atoms with van der Waals surface area (Å²) in [7, 11) is 1.63. The van der Waals surface area contributed by atoms with Crippen molar-refractivity contribution < 1.29 is 14.3 Å². The Kier molecular flexibility index (Phi) is 7.30. The first-order valence-corrected chi connectivity index (χ1v) is 13.1. The predicted octanol–water partition coefficient (Wildman–Crippen LogP) is 5.83. The molecule has 37 heavy (non-hydrogen) atoms. The number of benzene rings is 3. The van der Waals surface area contributed by atoms with E-state index in [1.54, 1.807) is 12.1 Å². The van der Waals surface area contributed by atoms with Crippen LogP contribution in [-0.2, 0) is 9.59 Å². The first-order valence-electron chi connectivity index (χ1n) is 11.8. The maximum Gasteiger partial charge on any atom is 0.262 e. The van der Waals surface area contributed by atoms with E-state index in [0.29, 0.717) is 22.3 Å². The second-order valence-corrected chi connectivity index (χ2v) is 10.5. The average Bonchev–Trinajstić information content (AvgIpc) is 3.48. The molecule has 1 N–H and O–H groups in total. The van der Waals surface area contributed by atoms with Crippen LogP contribution >= 0.6 is 23.4 Å². The lowest BCUT2D eigenvalue weighted by atomic mass is 9.98. The highest BCUT2D eigenvalue weighted by atomic mass is 35.5. The zero-order chi connectivity index (χ0) is 25.9. The number of nitrogens with one attached hydrogen (secondary N) is 1. The van der Waals surface area contributed by atoms with Crippen molar-refractivity contribution in [3.63, 3.8) is 0 Å². The summed E-state index contributed by atoms with van der Waals surface area (Å²) in [6, 6.07) is 22.7. The Bertz CT molecular complexity index is 1390. The van der Waals surface area contributed by atoms with Gasteiger partial charge in [0.1, 0.15) is 11.0 Å². The van der Waals surface area contributed by atoms with Gasteiger partial charge in [-0.25, -0.2) is 5.01 Å². The van der Waals surface area contributed by atoms with Crippen molar-refractivity contribution in [3.8, 4) is 5.75 Å². The van der Waals surface area contributed by atoms with Gasteiger partial charge in [-0.3, -0.25) is 9.59 Å². The molecule has 2 atom stereocenters. The molecule has 0 aromatic heterocycles. The van der Waals surface area contributed by atoms with Crippen molar-refractivity contribution in [2.45, 2.75) is 31.1 Å². The topological polar surface area (TPSA) is 83.4 Å². The molecular formula is C28H25ClN4O3S. The van der Waals surface area contributed by atoms with E-state index in [4.69, 9.17) is 21.4 Å². The molecule has 2 heterocycles. The predicted molar refractivity (Wildman–Crippen MR) is 148 cm³/mol. The zero-order valence-corrected chi connectivity index (χ0v) is 21.9. The van der Waals surface area contributed by atoms with Gasteiger partial charge in [0.25, 0.3) is 5.91 Å². The van der Waals surface area contributed by atoms with Crippen molar-refractivity contribution in [3.05, 3.63) is 94.5 Å². The zero-order valence-electron chi connectivity index (χ0n) is 20.3. The molecule has 0 bridgehead atoms. The van der Waals surface area contributed by atoms with Crippen LogP contribution in [0.3, 0.4) is 0 Å². The fraction of sp³-hybridized carbons (Fsp3) is 0.214. The average molecular weight is 533 g/mol. The van der Waals surface area contributed by atoms with Gasteiger partial charge in [-0.15, -0.1) is 0 Å². The lowest BCUT2D eigenvalue weighted by Gasteiger charge is -2.23. The van der Waals surface area contributed by atoms with Crippen LogP contribution in [0.4, 0.5) is 5.69 Å². The molecule has 3 aromatic carbocycles. The SMILES string of the molecule is COc1ccc(C2CC(c3ccc(Cl)cc3)=NN2C2=NC(=O)C(CC(=O)Nc3cccc(C)c3)S2)cc1. The monoisotopic (exact) mass is 532 g/mol. The van der Waals surface area contributed by atoms with Crippen molar-refractivity contribution in [1.29, 1.82) is 0 Å². The van der Waals surface area contributed by atoms with E-state index < -0.39 is 5.25 Å². The Labute approximate surface area is 224 Å². The molecule has 0 spiro atoms.